The number of rotatable bonds is 2. The van der Waals surface area contributed by atoms with E-state index in [1.165, 1.54) is 0 Å². The number of hydrogen-bond donors (Lipinski definition) is 0. The van der Waals surface area contributed by atoms with Crippen LogP contribution in [-0.4, -0.2) is 10.5 Å². The van der Waals surface area contributed by atoms with E-state index in [9.17, 15) is 9.90 Å². The van der Waals surface area contributed by atoms with Gasteiger partial charge >= 0.3 is 29.6 Å². The molecule has 1 unspecified atom stereocenters. The molecule has 0 amide bonds. The Morgan fingerprint density at radius 2 is 2.00 bits per heavy atom. The Kier molecular flexibility index (Phi) is 4.19. The molecule has 1 heterocycles. The number of benzene rings is 1. The van der Waals surface area contributed by atoms with Crippen molar-refractivity contribution in [3.05, 3.63) is 36.0 Å². The molecule has 0 radical (unpaired) electrons. The van der Waals surface area contributed by atoms with Gasteiger partial charge in [-0.15, -0.1) is 0 Å². The Bertz CT molecular complexity index is 519. The zero-order valence-corrected chi connectivity index (χ0v) is 11.7. The molecule has 0 bridgehead atoms. The van der Waals surface area contributed by atoms with Gasteiger partial charge in [-0.2, -0.15) is 0 Å². The van der Waals surface area contributed by atoms with E-state index in [0.29, 0.717) is 0 Å². The molecule has 0 saturated heterocycles. The van der Waals surface area contributed by atoms with Crippen LogP contribution in [0.4, 0.5) is 0 Å². The number of fused-ring (bicyclic) bond motifs is 1. The largest absolute Gasteiger partial charge is 1.00 e. The number of carboxylic acid groups (broad SMARTS) is 1. The first-order chi connectivity index (χ1) is 7.11. The van der Waals surface area contributed by atoms with E-state index in [1.807, 2.05) is 42.1 Å². The molecule has 4 heteroatoms. The average molecular weight is 225 g/mol. The van der Waals surface area contributed by atoms with Gasteiger partial charge in [0.25, 0.3) is 0 Å². The second kappa shape index (κ2) is 5.04. The maximum Gasteiger partial charge on any atom is 1.00 e. The van der Waals surface area contributed by atoms with E-state index in [2.05, 4.69) is 0 Å². The van der Waals surface area contributed by atoms with Gasteiger partial charge in [0.05, 0.1) is 0 Å². The Morgan fingerprint density at radius 1 is 1.38 bits per heavy atom. The predicted octanol–water partition coefficient (Wildman–Crippen LogP) is -1.96. The summed E-state index contributed by atoms with van der Waals surface area (Å²) in [4.78, 5) is 10.8. The predicted molar refractivity (Wildman–Crippen MR) is 56.3 cm³/mol. The van der Waals surface area contributed by atoms with Crippen molar-refractivity contribution in [2.24, 2.45) is 7.05 Å². The second-order valence-corrected chi connectivity index (χ2v) is 3.75. The van der Waals surface area contributed by atoms with Gasteiger partial charge in [-0.05, 0) is 11.6 Å². The van der Waals surface area contributed by atoms with Crippen LogP contribution in [0, 0.1) is 0 Å². The van der Waals surface area contributed by atoms with Gasteiger partial charge in [0, 0.05) is 36.0 Å². The van der Waals surface area contributed by atoms with Crippen molar-refractivity contribution in [3.63, 3.8) is 0 Å². The topological polar surface area (TPSA) is 45.1 Å². The van der Waals surface area contributed by atoms with Crippen LogP contribution < -0.4 is 34.7 Å². The van der Waals surface area contributed by atoms with Crippen molar-refractivity contribution >= 4 is 16.9 Å². The minimum absolute atomic E-state index is 0. The molecule has 2 aromatic rings. The summed E-state index contributed by atoms with van der Waals surface area (Å²) in [5.74, 6) is -1.61. The van der Waals surface area contributed by atoms with Gasteiger partial charge in [-0.3, -0.25) is 0 Å². The molecule has 2 rings (SSSR count). The third-order valence-electron chi connectivity index (χ3n) is 2.75. The molecular formula is C12H12NNaO2. The van der Waals surface area contributed by atoms with Gasteiger partial charge < -0.3 is 14.5 Å². The van der Waals surface area contributed by atoms with Gasteiger partial charge in [0.2, 0.25) is 0 Å². The standard InChI is InChI=1S/C12H13NO2.Na/c1-8(12(14)15)10-7-13(2)11-6-4-3-5-9(10)11;/h3-8H,1-2H3,(H,14,15);/q;+1/p-1. The van der Waals surface area contributed by atoms with E-state index in [1.54, 1.807) is 6.92 Å². The van der Waals surface area contributed by atoms with Crippen molar-refractivity contribution in [1.82, 2.24) is 4.57 Å². The molecule has 0 aliphatic heterocycles. The zero-order chi connectivity index (χ0) is 11.0. The molecule has 0 aliphatic carbocycles. The van der Waals surface area contributed by atoms with E-state index in [0.717, 1.165) is 16.5 Å². The molecule has 1 atom stereocenters. The number of hydrogen-bond acceptors (Lipinski definition) is 2. The summed E-state index contributed by atoms with van der Waals surface area (Å²) in [6, 6.07) is 7.76. The van der Waals surface area contributed by atoms with Crippen LogP contribution in [0.5, 0.6) is 0 Å². The van der Waals surface area contributed by atoms with E-state index >= 15 is 0 Å². The molecule has 0 fully saturated rings. The van der Waals surface area contributed by atoms with Gasteiger partial charge in [0.15, 0.2) is 0 Å². The number of nitrogens with zero attached hydrogens (tertiary/aromatic N) is 1. The summed E-state index contributed by atoms with van der Waals surface area (Å²) in [7, 11) is 1.91. The molecule has 0 spiro atoms. The summed E-state index contributed by atoms with van der Waals surface area (Å²) in [6.45, 7) is 1.65. The maximum atomic E-state index is 10.8. The molecule has 16 heavy (non-hydrogen) atoms. The molecule has 0 N–H and O–H groups in total. The van der Waals surface area contributed by atoms with Crippen LogP contribution >= 0.6 is 0 Å². The monoisotopic (exact) mass is 225 g/mol. The minimum Gasteiger partial charge on any atom is -0.550 e. The summed E-state index contributed by atoms with van der Waals surface area (Å²) in [5, 5.41) is 11.8. The molecule has 78 valence electrons. The van der Waals surface area contributed by atoms with Crippen molar-refractivity contribution < 1.29 is 39.5 Å². The Labute approximate surface area is 116 Å². The van der Waals surface area contributed by atoms with Crippen LogP contribution in [0.25, 0.3) is 10.9 Å². The summed E-state index contributed by atoms with van der Waals surface area (Å²) in [6.07, 6.45) is 1.85. The summed E-state index contributed by atoms with van der Waals surface area (Å²) in [5.41, 5.74) is 1.86. The SMILES string of the molecule is CC(C(=O)[O-])c1cn(C)c2ccccc12.[Na+]. The first kappa shape index (κ1) is 13.3. The van der Waals surface area contributed by atoms with E-state index in [-0.39, 0.29) is 29.6 Å². The Balaban J connectivity index is 0.00000128. The first-order valence-electron chi connectivity index (χ1n) is 4.86. The third-order valence-corrected chi connectivity index (χ3v) is 2.75. The van der Waals surface area contributed by atoms with E-state index in [4.69, 9.17) is 0 Å². The van der Waals surface area contributed by atoms with Crippen molar-refractivity contribution in [2.75, 3.05) is 0 Å². The molecule has 3 nitrogen and oxygen atoms in total. The fraction of sp³-hybridized carbons (Fsp3) is 0.250. The maximum absolute atomic E-state index is 10.8. The van der Waals surface area contributed by atoms with Crippen molar-refractivity contribution in [2.45, 2.75) is 12.8 Å². The molecule has 1 aromatic heterocycles. The zero-order valence-electron chi connectivity index (χ0n) is 9.73. The number of para-hydroxylation sites is 1. The smallest absolute Gasteiger partial charge is 0.550 e. The average Bonchev–Trinajstić information content (AvgIpc) is 2.56. The molecular weight excluding hydrogens is 213 g/mol. The van der Waals surface area contributed by atoms with Crippen molar-refractivity contribution in [3.8, 4) is 0 Å². The number of aliphatic carboxylic acids is 1. The number of carbonyl (C=O) groups is 1. The fourth-order valence-corrected chi connectivity index (χ4v) is 1.85. The summed E-state index contributed by atoms with van der Waals surface area (Å²) >= 11 is 0. The van der Waals surface area contributed by atoms with Crippen LogP contribution in [0.3, 0.4) is 0 Å². The molecule has 1 aromatic carbocycles. The quantitative estimate of drug-likeness (QED) is 0.557. The van der Waals surface area contributed by atoms with Crippen LogP contribution in [-0.2, 0) is 11.8 Å². The third kappa shape index (κ3) is 2.17. The Hall–Kier alpha value is -0.770. The van der Waals surface area contributed by atoms with Gasteiger partial charge in [0.1, 0.15) is 0 Å². The van der Waals surface area contributed by atoms with Gasteiger partial charge in [-0.1, -0.05) is 25.1 Å². The number of carboxylic acids is 1. The van der Waals surface area contributed by atoms with E-state index < -0.39 is 11.9 Å². The van der Waals surface area contributed by atoms with Crippen LogP contribution in [0.1, 0.15) is 18.4 Å². The molecule has 0 saturated carbocycles. The molecule has 0 aliphatic rings. The summed E-state index contributed by atoms with van der Waals surface area (Å²) < 4.78 is 1.93. The number of carbonyl (C=O) groups excluding carboxylic acids is 1. The minimum atomic E-state index is -1.04. The van der Waals surface area contributed by atoms with Crippen molar-refractivity contribution in [1.29, 1.82) is 0 Å². The number of aromatic nitrogens is 1. The number of aryl methyl sites for hydroxylation is 1. The second-order valence-electron chi connectivity index (χ2n) is 3.75. The first-order valence-corrected chi connectivity index (χ1v) is 4.86. The van der Waals surface area contributed by atoms with Crippen LogP contribution in [0.2, 0.25) is 0 Å². The Morgan fingerprint density at radius 3 is 2.62 bits per heavy atom. The normalized spacial score (nSPS) is 12.1. The van der Waals surface area contributed by atoms with Crippen LogP contribution in [0.15, 0.2) is 30.5 Å². The fourth-order valence-electron chi connectivity index (χ4n) is 1.85. The van der Waals surface area contributed by atoms with Gasteiger partial charge in [-0.25, -0.2) is 0 Å².